The molecule has 3 aliphatic rings. The zero-order valence-corrected chi connectivity index (χ0v) is 15.1. The second-order valence-corrected chi connectivity index (χ2v) is 9.63. The summed E-state index contributed by atoms with van der Waals surface area (Å²) in [4.78, 5) is 15.6. The highest BCUT2D eigenvalue weighted by molar-refractivity contribution is 8.03. The molecular weight excluding hydrogens is 334 g/mol. The third-order valence-electron chi connectivity index (χ3n) is 4.82. The molecular formula is C17H18ClNOS2. The molecule has 5 heteroatoms. The van der Waals surface area contributed by atoms with E-state index >= 15 is 0 Å². The quantitative estimate of drug-likeness (QED) is 0.765. The standard InChI is InChI=1S/C17H18ClNOS2/c1-17(2)7-5-9-13(16(17)20)14(11-3-4-12(18)22-11)15-10(19-9)6-8-21-15/h3-4,14,19H,5-8H2,1-2H3. The summed E-state index contributed by atoms with van der Waals surface area (Å²) >= 11 is 9.66. The fraction of sp³-hybridized carbons (Fsp3) is 0.471. The van der Waals surface area contributed by atoms with Gasteiger partial charge in [0.15, 0.2) is 5.78 Å². The van der Waals surface area contributed by atoms with Crippen molar-refractivity contribution in [2.24, 2.45) is 5.41 Å². The minimum atomic E-state index is -0.263. The van der Waals surface area contributed by atoms with E-state index in [4.69, 9.17) is 11.6 Å². The molecule has 0 spiro atoms. The average Bonchev–Trinajstić information content (AvgIpc) is 3.10. The van der Waals surface area contributed by atoms with Crippen LogP contribution in [0.25, 0.3) is 0 Å². The molecule has 0 saturated carbocycles. The molecule has 116 valence electrons. The first-order chi connectivity index (χ1) is 10.5. The number of hydrogen-bond acceptors (Lipinski definition) is 4. The van der Waals surface area contributed by atoms with E-state index in [1.54, 1.807) is 11.3 Å². The van der Waals surface area contributed by atoms with Gasteiger partial charge in [-0.2, -0.15) is 0 Å². The molecule has 0 bridgehead atoms. The summed E-state index contributed by atoms with van der Waals surface area (Å²) in [5, 5.41) is 3.58. The van der Waals surface area contributed by atoms with Crippen LogP contribution in [-0.2, 0) is 4.79 Å². The molecule has 2 aliphatic heterocycles. The predicted octanol–water partition coefficient (Wildman–Crippen LogP) is 5.08. The third kappa shape index (κ3) is 2.19. The van der Waals surface area contributed by atoms with Crippen LogP contribution in [-0.4, -0.2) is 11.5 Å². The van der Waals surface area contributed by atoms with E-state index in [1.807, 2.05) is 17.8 Å². The molecule has 1 N–H and O–H groups in total. The van der Waals surface area contributed by atoms with Gasteiger partial charge in [-0.25, -0.2) is 0 Å². The Bertz CT molecular complexity index is 729. The van der Waals surface area contributed by atoms with Crippen molar-refractivity contribution in [3.8, 4) is 0 Å². The lowest BCUT2D eigenvalue weighted by atomic mass is 9.70. The first-order valence-corrected chi connectivity index (χ1v) is 9.81. The van der Waals surface area contributed by atoms with Crippen LogP contribution in [0.2, 0.25) is 4.34 Å². The van der Waals surface area contributed by atoms with Crippen LogP contribution in [0.15, 0.2) is 34.0 Å². The van der Waals surface area contributed by atoms with Gasteiger partial charge in [-0.05, 0) is 31.4 Å². The molecule has 0 amide bonds. The summed E-state index contributed by atoms with van der Waals surface area (Å²) in [6, 6.07) is 4.04. The largest absolute Gasteiger partial charge is 0.361 e. The molecule has 0 saturated heterocycles. The van der Waals surface area contributed by atoms with Gasteiger partial charge in [-0.1, -0.05) is 25.4 Å². The van der Waals surface area contributed by atoms with Crippen molar-refractivity contribution in [1.82, 2.24) is 5.32 Å². The van der Waals surface area contributed by atoms with E-state index in [2.05, 4.69) is 25.2 Å². The SMILES string of the molecule is CC1(C)CCC2=C(C1=O)C(c1ccc(Cl)s1)C1=C(CCS1)N2. The maximum Gasteiger partial charge on any atom is 0.167 e. The number of halogens is 1. The van der Waals surface area contributed by atoms with Crippen LogP contribution in [0.5, 0.6) is 0 Å². The Morgan fingerprint density at radius 2 is 2.09 bits per heavy atom. The van der Waals surface area contributed by atoms with Gasteiger partial charge in [0.25, 0.3) is 0 Å². The molecule has 4 rings (SSSR count). The first-order valence-electron chi connectivity index (χ1n) is 7.63. The Morgan fingerprint density at radius 1 is 1.27 bits per heavy atom. The number of carbonyl (C=O) groups is 1. The van der Waals surface area contributed by atoms with Crippen molar-refractivity contribution >= 4 is 40.5 Å². The Hall–Kier alpha value is -0.710. The number of Topliss-reactive ketones (excluding diaryl/α,β-unsaturated/α-hetero) is 1. The maximum absolute atomic E-state index is 13.1. The van der Waals surface area contributed by atoms with Crippen molar-refractivity contribution in [1.29, 1.82) is 0 Å². The van der Waals surface area contributed by atoms with Gasteiger partial charge in [-0.3, -0.25) is 4.79 Å². The lowest BCUT2D eigenvalue weighted by Crippen LogP contribution is -2.38. The van der Waals surface area contributed by atoms with E-state index in [1.165, 1.54) is 15.5 Å². The summed E-state index contributed by atoms with van der Waals surface area (Å²) in [5.74, 6) is 1.50. The maximum atomic E-state index is 13.1. The normalized spacial score (nSPS) is 26.9. The number of carbonyl (C=O) groups excluding carboxylic acids is 1. The van der Waals surface area contributed by atoms with E-state index in [0.29, 0.717) is 5.78 Å². The predicted molar refractivity (Wildman–Crippen MR) is 94.4 cm³/mol. The summed E-state index contributed by atoms with van der Waals surface area (Å²) in [7, 11) is 0. The van der Waals surface area contributed by atoms with Crippen LogP contribution < -0.4 is 5.32 Å². The van der Waals surface area contributed by atoms with Crippen LogP contribution in [0.4, 0.5) is 0 Å². The second-order valence-electron chi connectivity index (χ2n) is 6.75. The molecule has 3 heterocycles. The molecule has 0 aromatic carbocycles. The number of allylic oxidation sites excluding steroid dienone is 4. The number of thiophene rings is 1. The Kier molecular flexibility index (Phi) is 3.48. The molecule has 1 atom stereocenters. The van der Waals surface area contributed by atoms with E-state index in [0.717, 1.165) is 40.6 Å². The number of nitrogens with one attached hydrogen (secondary N) is 1. The summed E-state index contributed by atoms with van der Waals surface area (Å²) < 4.78 is 0.795. The highest BCUT2D eigenvalue weighted by atomic mass is 35.5. The lowest BCUT2D eigenvalue weighted by Gasteiger charge is -2.38. The zero-order valence-electron chi connectivity index (χ0n) is 12.7. The van der Waals surface area contributed by atoms with Crippen molar-refractivity contribution in [3.63, 3.8) is 0 Å². The molecule has 0 fully saturated rings. The van der Waals surface area contributed by atoms with Gasteiger partial charge in [-0.15, -0.1) is 23.1 Å². The van der Waals surface area contributed by atoms with Crippen molar-refractivity contribution < 1.29 is 4.79 Å². The number of thioether (sulfide) groups is 1. The second kappa shape index (κ2) is 5.15. The Morgan fingerprint density at radius 3 is 2.82 bits per heavy atom. The van der Waals surface area contributed by atoms with Crippen LogP contribution >= 0.6 is 34.7 Å². The van der Waals surface area contributed by atoms with Gasteiger partial charge < -0.3 is 5.32 Å². The minimum absolute atomic E-state index is 0.100. The summed E-state index contributed by atoms with van der Waals surface area (Å²) in [6.07, 6.45) is 2.96. The number of hydrogen-bond donors (Lipinski definition) is 1. The minimum Gasteiger partial charge on any atom is -0.361 e. The molecule has 1 unspecified atom stereocenters. The number of dihydropyridines is 1. The fourth-order valence-corrected chi connectivity index (χ4v) is 6.07. The van der Waals surface area contributed by atoms with Gasteiger partial charge in [0.2, 0.25) is 0 Å². The van der Waals surface area contributed by atoms with E-state index in [-0.39, 0.29) is 11.3 Å². The molecule has 22 heavy (non-hydrogen) atoms. The third-order valence-corrected chi connectivity index (χ3v) is 7.32. The molecule has 0 radical (unpaired) electrons. The van der Waals surface area contributed by atoms with Gasteiger partial charge in [0, 0.05) is 37.9 Å². The van der Waals surface area contributed by atoms with Gasteiger partial charge in [0.1, 0.15) is 0 Å². The topological polar surface area (TPSA) is 29.1 Å². The number of rotatable bonds is 1. The molecule has 2 nitrogen and oxygen atoms in total. The van der Waals surface area contributed by atoms with Crippen molar-refractivity contribution in [2.45, 2.75) is 39.0 Å². The Labute approximate surface area is 144 Å². The molecule has 1 aliphatic carbocycles. The molecule has 1 aromatic rings. The lowest BCUT2D eigenvalue weighted by molar-refractivity contribution is -0.124. The van der Waals surface area contributed by atoms with E-state index < -0.39 is 0 Å². The highest BCUT2D eigenvalue weighted by Crippen LogP contribution is 2.53. The smallest absolute Gasteiger partial charge is 0.167 e. The van der Waals surface area contributed by atoms with Gasteiger partial charge >= 0.3 is 0 Å². The van der Waals surface area contributed by atoms with Crippen LogP contribution in [0.3, 0.4) is 0 Å². The first kappa shape index (κ1) is 14.9. The zero-order chi connectivity index (χ0) is 15.5. The fourth-order valence-electron chi connectivity index (χ4n) is 3.55. The average molecular weight is 352 g/mol. The van der Waals surface area contributed by atoms with Crippen LogP contribution in [0.1, 0.15) is 43.9 Å². The van der Waals surface area contributed by atoms with E-state index in [9.17, 15) is 4.79 Å². The molecule has 1 aromatic heterocycles. The highest BCUT2D eigenvalue weighted by Gasteiger charge is 2.44. The summed E-state index contributed by atoms with van der Waals surface area (Å²) in [6.45, 7) is 4.15. The van der Waals surface area contributed by atoms with Gasteiger partial charge in [0.05, 0.1) is 10.3 Å². The van der Waals surface area contributed by atoms with Crippen molar-refractivity contribution in [3.05, 3.63) is 43.2 Å². The Balaban J connectivity index is 1.87. The van der Waals surface area contributed by atoms with Crippen molar-refractivity contribution in [2.75, 3.05) is 5.75 Å². The number of ketones is 1. The summed E-state index contributed by atoms with van der Waals surface area (Å²) in [5.41, 5.74) is 3.20. The van der Waals surface area contributed by atoms with Crippen LogP contribution in [0, 0.1) is 5.41 Å². The monoisotopic (exact) mass is 351 g/mol.